The van der Waals surface area contributed by atoms with E-state index in [2.05, 4.69) is 474 Å². The van der Waals surface area contributed by atoms with Crippen molar-refractivity contribution in [1.29, 1.82) is 0 Å². The summed E-state index contributed by atoms with van der Waals surface area (Å²) in [6.45, 7) is 51.0. The minimum Gasteiger partial charge on any atom is -0.232 e. The van der Waals surface area contributed by atoms with Crippen LogP contribution in [-0.4, -0.2) is 4.98 Å². The molecule has 22 aromatic rings. The van der Waals surface area contributed by atoms with Crippen LogP contribution in [0.25, 0.3) is 186 Å². The van der Waals surface area contributed by atoms with Crippen LogP contribution in [0.2, 0.25) is 0 Å². The first-order valence-corrected chi connectivity index (χ1v) is 50.8. The quantitative estimate of drug-likeness (QED) is 0.0960. The van der Waals surface area contributed by atoms with Crippen LogP contribution in [0.3, 0.4) is 0 Å². The number of hydrogen-bond acceptors (Lipinski definition) is 1. The van der Waals surface area contributed by atoms with Gasteiger partial charge in [-0.05, 0) is 202 Å². The standard InChI is InChI=1S/2C25H20N.2C21H18N.C20H17N2.10C2H6/c1-17-20-9-5-3-7-18(20)11-13-21(17)25-24-14-12-19-8-4-6-10-22(19)23(24)15-16-26(25)2;1-17-21-9-5-3-7-18(21)13-14-22(17)25-24-20(15-16-26(25)2)12-11-19-8-4-6-10-23(19)24;1-15-7-3-5-9-18(15)21-20-17(13-14-22(21)2)12-11-16-8-4-6-10-19(16)20;1-15-7-3-5-9-17(15)21-20-12-11-16-8-4-6-10-18(16)19(20)13-14-22(21)2;1-14-7-3-6-10-17(14)20-18-11-15-8-4-5-9-16(15)12-19(18)21-13-22(20)2;10*1-2/h2*3-16H,1-2H3;2*3-14H,1-2H3;3-13H,1-2H3;10*1-2H3/q5*+1;;;;;;;;;;. The molecule has 0 aliphatic heterocycles. The number of rotatable bonds is 5. The van der Waals surface area contributed by atoms with Crippen molar-refractivity contribution in [1.82, 2.24) is 4.98 Å². The largest absolute Gasteiger partial charge is 0.287 e. The molecule has 0 bridgehead atoms. The summed E-state index contributed by atoms with van der Waals surface area (Å²) in [5.74, 6) is 0. The summed E-state index contributed by atoms with van der Waals surface area (Å²) in [5.41, 5.74) is 20.4. The Bertz CT molecular complexity index is 7630. The highest BCUT2D eigenvalue weighted by Crippen LogP contribution is 2.40. The third kappa shape index (κ3) is 24.1. The molecule has 0 saturated carbocycles. The molecule has 17 aromatic carbocycles. The average Bonchev–Trinajstić information content (AvgIpc) is 0.723. The van der Waals surface area contributed by atoms with Gasteiger partial charge in [-0.1, -0.05) is 418 Å². The van der Waals surface area contributed by atoms with Crippen LogP contribution in [0.1, 0.15) is 166 Å². The van der Waals surface area contributed by atoms with Crippen LogP contribution in [0.5, 0.6) is 0 Å². The monoisotopic (exact) mass is 1820 g/mol. The molecular formula is C132H153N6+5. The third-order valence-electron chi connectivity index (χ3n) is 24.1. The summed E-state index contributed by atoms with van der Waals surface area (Å²) in [5, 5.41) is 29.7. The molecule has 0 aliphatic carbocycles. The van der Waals surface area contributed by atoms with Gasteiger partial charge in [0.15, 0.2) is 30.3 Å². The maximum atomic E-state index is 4.61. The lowest BCUT2D eigenvalue weighted by Crippen LogP contribution is -2.31. The molecule has 5 aromatic heterocycles. The number of benzene rings is 17. The fourth-order valence-corrected chi connectivity index (χ4v) is 18.0. The fraction of sp³-hybridized carbons (Fsp3) is 0.227. The molecular weight excluding hydrogens is 1670 g/mol. The Labute approximate surface area is 827 Å². The maximum absolute atomic E-state index is 4.61. The molecule has 0 saturated heterocycles. The minimum atomic E-state index is 1.04. The van der Waals surface area contributed by atoms with Crippen molar-refractivity contribution in [3.05, 3.63) is 411 Å². The molecule has 22 rings (SSSR count). The van der Waals surface area contributed by atoms with Crippen LogP contribution in [-0.2, 0) is 35.2 Å². The van der Waals surface area contributed by atoms with E-state index in [4.69, 9.17) is 0 Å². The van der Waals surface area contributed by atoms with Gasteiger partial charge >= 0.3 is 0 Å². The van der Waals surface area contributed by atoms with E-state index < -0.39 is 0 Å². The molecule has 0 radical (unpaired) electrons. The molecule has 706 valence electrons. The van der Waals surface area contributed by atoms with E-state index in [1.54, 1.807) is 0 Å². The Kier molecular flexibility index (Phi) is 43.3. The van der Waals surface area contributed by atoms with Gasteiger partial charge in [0.1, 0.15) is 33.9 Å². The Morgan fingerprint density at radius 2 is 0.413 bits per heavy atom. The number of hydrogen-bond donors (Lipinski definition) is 0. The van der Waals surface area contributed by atoms with Gasteiger partial charge in [-0.25, -0.2) is 22.8 Å². The lowest BCUT2D eigenvalue weighted by molar-refractivity contribution is -0.662. The van der Waals surface area contributed by atoms with Gasteiger partial charge in [-0.2, -0.15) is 0 Å². The van der Waals surface area contributed by atoms with E-state index in [1.807, 2.05) is 145 Å². The van der Waals surface area contributed by atoms with Crippen molar-refractivity contribution in [2.24, 2.45) is 35.2 Å². The van der Waals surface area contributed by atoms with E-state index >= 15 is 0 Å². The number of pyridine rings is 4. The van der Waals surface area contributed by atoms with Crippen LogP contribution >= 0.6 is 0 Å². The second-order valence-electron chi connectivity index (χ2n) is 31.4. The molecule has 0 N–H and O–H groups in total. The lowest BCUT2D eigenvalue weighted by Gasteiger charge is -2.12. The van der Waals surface area contributed by atoms with E-state index in [1.165, 1.54) is 208 Å². The van der Waals surface area contributed by atoms with Gasteiger partial charge < -0.3 is 0 Å². The summed E-state index contributed by atoms with van der Waals surface area (Å²) in [4.78, 5) is 4.61. The highest BCUT2D eigenvalue weighted by Gasteiger charge is 2.25. The second-order valence-corrected chi connectivity index (χ2v) is 31.4. The first-order chi connectivity index (χ1) is 67.7. The number of aryl methyl sites for hydroxylation is 10. The predicted octanol–water partition coefficient (Wildman–Crippen LogP) is 35.9. The van der Waals surface area contributed by atoms with E-state index in [0.717, 1.165) is 5.52 Å². The lowest BCUT2D eigenvalue weighted by atomic mass is 9.93. The van der Waals surface area contributed by atoms with Gasteiger partial charge in [0, 0.05) is 51.7 Å². The van der Waals surface area contributed by atoms with Crippen LogP contribution in [0.15, 0.2) is 383 Å². The second kappa shape index (κ2) is 54.9. The molecule has 5 heterocycles. The zero-order valence-electron chi connectivity index (χ0n) is 88.6. The Morgan fingerprint density at radius 3 is 0.790 bits per heavy atom. The van der Waals surface area contributed by atoms with E-state index in [9.17, 15) is 0 Å². The summed E-state index contributed by atoms with van der Waals surface area (Å²) < 4.78 is 11.1. The first-order valence-electron chi connectivity index (χ1n) is 50.8. The molecule has 138 heavy (non-hydrogen) atoms. The van der Waals surface area contributed by atoms with Crippen molar-refractivity contribution in [2.75, 3.05) is 0 Å². The van der Waals surface area contributed by atoms with Gasteiger partial charge in [-0.15, -0.1) is 0 Å². The molecule has 0 spiro atoms. The van der Waals surface area contributed by atoms with Crippen LogP contribution in [0.4, 0.5) is 0 Å². The minimum absolute atomic E-state index is 1.04. The number of fused-ring (bicyclic) bond motifs is 16. The molecule has 6 heteroatoms. The van der Waals surface area contributed by atoms with Gasteiger partial charge in [0.2, 0.25) is 22.8 Å². The van der Waals surface area contributed by atoms with Crippen molar-refractivity contribution in [3.63, 3.8) is 0 Å². The normalized spacial score (nSPS) is 10.1. The Hall–Kier alpha value is -14.5. The summed E-state index contributed by atoms with van der Waals surface area (Å²) in [6, 6.07) is 126. The van der Waals surface area contributed by atoms with E-state index in [-0.39, 0.29) is 0 Å². The van der Waals surface area contributed by atoms with Crippen molar-refractivity contribution >= 4 is 129 Å². The molecule has 0 fully saturated rings. The molecule has 6 nitrogen and oxygen atoms in total. The number of aromatic nitrogens is 6. The van der Waals surface area contributed by atoms with Crippen molar-refractivity contribution in [3.8, 4) is 56.3 Å². The average molecular weight is 1820 g/mol. The van der Waals surface area contributed by atoms with Crippen molar-refractivity contribution in [2.45, 2.75) is 173 Å². The van der Waals surface area contributed by atoms with Crippen LogP contribution < -0.4 is 22.8 Å². The van der Waals surface area contributed by atoms with Gasteiger partial charge in [0.25, 0.3) is 6.33 Å². The first kappa shape index (κ1) is 109. The Balaban J connectivity index is 0.000000202. The molecule has 0 atom stereocenters. The Morgan fingerprint density at radius 1 is 0.167 bits per heavy atom. The van der Waals surface area contributed by atoms with E-state index in [0.29, 0.717) is 0 Å². The summed E-state index contributed by atoms with van der Waals surface area (Å²) in [6.07, 6.45) is 10.6. The van der Waals surface area contributed by atoms with Crippen LogP contribution in [0, 0.1) is 34.6 Å². The predicted molar refractivity (Wildman–Crippen MR) is 610 cm³/mol. The maximum Gasteiger partial charge on any atom is 0.287 e. The summed E-state index contributed by atoms with van der Waals surface area (Å²) >= 11 is 0. The highest BCUT2D eigenvalue weighted by atomic mass is 15.0. The molecule has 0 amide bonds. The zero-order valence-corrected chi connectivity index (χ0v) is 88.6. The SMILES string of the molecule is CC.CC.CC.CC.CC.CC.CC.CC.CC.CC.Cc1c(-c2c3c(ccc4ccccc43)cc[n+]2C)ccc2ccccc12.Cc1c(-c2c3ccc4ccccc4c3cc[n+]2C)ccc2ccccc12.Cc1ccccc1-c1c2c(ccc3ccccc32)cc[n+]1C.Cc1ccccc1-c1c2cc3ccccc3cc2nc[n+]1C.Cc1ccccc1-c1c2ccc3ccccc3c2cc[n+]1C. The highest BCUT2D eigenvalue weighted by molar-refractivity contribution is 6.16. The van der Waals surface area contributed by atoms with Gasteiger partial charge in [-0.3, -0.25) is 0 Å². The molecule has 0 aliphatic rings. The van der Waals surface area contributed by atoms with Crippen molar-refractivity contribution < 1.29 is 22.8 Å². The summed E-state index contributed by atoms with van der Waals surface area (Å²) in [7, 11) is 10.6. The van der Waals surface area contributed by atoms with Gasteiger partial charge in [0.05, 0.1) is 45.1 Å². The third-order valence-corrected chi connectivity index (χ3v) is 24.1. The topological polar surface area (TPSA) is 32.3 Å². The zero-order chi connectivity index (χ0) is 101. The molecule has 0 unspecified atom stereocenters. The smallest absolute Gasteiger partial charge is 0.232 e. The number of nitrogens with zero attached hydrogens (tertiary/aromatic N) is 6. The fourth-order valence-electron chi connectivity index (χ4n) is 18.0.